The second-order valence-electron chi connectivity index (χ2n) is 19.4. The SMILES string of the molecule is C=C(C)[C@@H]1CC[C@]2(C(=O)OCc3nc(C)c(C)nc3C)CC[C@]3(C)[C@H](CC[C@@H]4[C@@]5(C)CC[C@H](OC(=O)[C@@H](N)C(C)C)C(C)(C)[C@@H]5CC[C@]43C)[C@@H]12. The Morgan fingerprint density at radius 3 is 2.18 bits per heavy atom. The maximum Gasteiger partial charge on any atom is 0.323 e. The number of hydrogen-bond donors (Lipinski definition) is 1. The molecule has 7 heteroatoms. The third kappa shape index (κ3) is 5.43. The van der Waals surface area contributed by atoms with Crippen molar-refractivity contribution in [2.24, 2.45) is 68.3 Å². The van der Waals surface area contributed by atoms with E-state index >= 15 is 0 Å². The van der Waals surface area contributed by atoms with Crippen molar-refractivity contribution >= 4 is 11.9 Å². The number of esters is 2. The van der Waals surface area contributed by atoms with Crippen LogP contribution in [0.3, 0.4) is 0 Å². The Kier molecular flexibility index (Phi) is 9.51. The van der Waals surface area contributed by atoms with E-state index in [1.54, 1.807) is 0 Å². The average molecular weight is 690 g/mol. The number of hydrogen-bond acceptors (Lipinski definition) is 7. The highest BCUT2D eigenvalue weighted by atomic mass is 16.5. The van der Waals surface area contributed by atoms with Gasteiger partial charge in [-0.05, 0) is 144 Å². The first-order chi connectivity index (χ1) is 23.2. The van der Waals surface area contributed by atoms with E-state index in [1.807, 2.05) is 34.6 Å². The van der Waals surface area contributed by atoms with Gasteiger partial charge in [-0.25, -0.2) is 0 Å². The van der Waals surface area contributed by atoms with Crippen LogP contribution in [0.2, 0.25) is 0 Å². The van der Waals surface area contributed by atoms with Crippen molar-refractivity contribution < 1.29 is 19.1 Å². The number of nitrogens with zero attached hydrogens (tertiary/aromatic N) is 2. The molecule has 5 fully saturated rings. The standard InChI is InChI=1S/C43H67N3O4/c1-24(2)29-15-20-43(38(48)49-23-31-28(7)45-26(5)27(6)46-31)22-21-41(11)30(35(29)43)13-14-33-40(10)18-17-34(50-37(47)36(44)25(3)4)39(8,9)32(40)16-19-42(33,41)12/h25,29-30,32-36H,1,13-23,44H2,2-12H3/t29-,30+,32-,33+,34-,35+,36-,40-,41+,42+,43-/m0/s1. The normalized spacial score (nSPS) is 40.9. The number of rotatable bonds is 7. The molecule has 278 valence electrons. The number of aromatic nitrogens is 2. The van der Waals surface area contributed by atoms with E-state index in [9.17, 15) is 9.59 Å². The van der Waals surface area contributed by atoms with E-state index in [0.717, 1.165) is 74.1 Å². The molecular weight excluding hydrogens is 622 g/mol. The Bertz CT molecular complexity index is 1540. The molecule has 0 bridgehead atoms. The zero-order valence-corrected chi connectivity index (χ0v) is 33.2. The Labute approximate surface area is 302 Å². The number of ether oxygens (including phenoxy) is 2. The van der Waals surface area contributed by atoms with Crippen LogP contribution in [0.5, 0.6) is 0 Å². The smallest absolute Gasteiger partial charge is 0.323 e. The molecule has 5 aliphatic rings. The van der Waals surface area contributed by atoms with E-state index in [2.05, 4.69) is 53.1 Å². The summed E-state index contributed by atoms with van der Waals surface area (Å²) in [5, 5.41) is 0. The molecule has 0 aromatic carbocycles. The molecule has 0 radical (unpaired) electrons. The Morgan fingerprint density at radius 2 is 1.52 bits per heavy atom. The second kappa shape index (κ2) is 12.7. The molecule has 0 saturated heterocycles. The minimum atomic E-state index is -0.581. The number of nitrogens with two attached hydrogens (primary N) is 1. The second-order valence-corrected chi connectivity index (χ2v) is 19.4. The molecule has 7 nitrogen and oxygen atoms in total. The van der Waals surface area contributed by atoms with Gasteiger partial charge in [0.2, 0.25) is 0 Å². The van der Waals surface area contributed by atoms with Crippen LogP contribution in [0.1, 0.15) is 142 Å². The van der Waals surface area contributed by atoms with Crippen molar-refractivity contribution in [3.8, 4) is 0 Å². The summed E-state index contributed by atoms with van der Waals surface area (Å²) in [6, 6.07) is -0.581. The van der Waals surface area contributed by atoms with Crippen molar-refractivity contribution in [1.82, 2.24) is 9.97 Å². The topological polar surface area (TPSA) is 104 Å². The third-order valence-electron chi connectivity index (χ3n) is 16.6. The highest BCUT2D eigenvalue weighted by molar-refractivity contribution is 5.78. The van der Waals surface area contributed by atoms with Gasteiger partial charge in [0, 0.05) is 5.41 Å². The number of carbonyl (C=O) groups excluding carboxylic acids is 2. The monoisotopic (exact) mass is 690 g/mol. The molecule has 0 aliphatic heterocycles. The van der Waals surface area contributed by atoms with Gasteiger partial charge in [0.15, 0.2) is 0 Å². The zero-order chi connectivity index (χ0) is 36.8. The lowest BCUT2D eigenvalue weighted by atomic mass is 9.32. The number of allylic oxidation sites excluding steroid dienone is 1. The van der Waals surface area contributed by atoms with Crippen LogP contribution in [0.4, 0.5) is 0 Å². The van der Waals surface area contributed by atoms with Gasteiger partial charge in [-0.1, -0.05) is 60.6 Å². The molecule has 50 heavy (non-hydrogen) atoms. The highest BCUT2D eigenvalue weighted by Crippen LogP contribution is 2.77. The van der Waals surface area contributed by atoms with Crippen LogP contribution in [0, 0.1) is 83.4 Å². The Balaban J connectivity index is 1.27. The fourth-order valence-corrected chi connectivity index (χ4v) is 13.3. The molecule has 11 atom stereocenters. The van der Waals surface area contributed by atoms with Gasteiger partial charge in [-0.15, -0.1) is 0 Å². The largest absolute Gasteiger partial charge is 0.461 e. The molecule has 1 aromatic rings. The Hall–Kier alpha value is -2.28. The van der Waals surface area contributed by atoms with E-state index in [-0.39, 0.29) is 58.1 Å². The number of aryl methyl sites for hydroxylation is 3. The first-order valence-corrected chi connectivity index (χ1v) is 19.8. The molecule has 0 unspecified atom stereocenters. The predicted molar refractivity (Wildman–Crippen MR) is 198 cm³/mol. The highest BCUT2D eigenvalue weighted by Gasteiger charge is 2.72. The lowest BCUT2D eigenvalue weighted by molar-refractivity contribution is -0.251. The Morgan fingerprint density at radius 1 is 0.840 bits per heavy atom. The first-order valence-electron chi connectivity index (χ1n) is 19.8. The number of carbonyl (C=O) groups is 2. The summed E-state index contributed by atoms with van der Waals surface area (Å²) >= 11 is 0. The van der Waals surface area contributed by atoms with Crippen LogP contribution in [0.25, 0.3) is 0 Å². The quantitative estimate of drug-likeness (QED) is 0.225. The fourth-order valence-electron chi connectivity index (χ4n) is 13.3. The fraction of sp³-hybridized carbons (Fsp3) is 0.814. The predicted octanol–water partition coefficient (Wildman–Crippen LogP) is 9.00. The lowest BCUT2D eigenvalue weighted by Crippen LogP contribution is -2.67. The van der Waals surface area contributed by atoms with Gasteiger partial charge in [0.05, 0.1) is 28.2 Å². The van der Waals surface area contributed by atoms with Gasteiger partial charge in [0.25, 0.3) is 0 Å². The van der Waals surface area contributed by atoms with Crippen LogP contribution in [-0.2, 0) is 25.7 Å². The summed E-state index contributed by atoms with van der Waals surface area (Å²) in [7, 11) is 0. The zero-order valence-electron chi connectivity index (χ0n) is 33.2. The lowest BCUT2D eigenvalue weighted by Gasteiger charge is -2.72. The molecule has 1 aromatic heterocycles. The molecule has 5 aliphatic carbocycles. The van der Waals surface area contributed by atoms with Crippen LogP contribution >= 0.6 is 0 Å². The minimum Gasteiger partial charge on any atom is -0.461 e. The molecular formula is C43H67N3O4. The van der Waals surface area contributed by atoms with Gasteiger partial charge in [-0.2, -0.15) is 0 Å². The van der Waals surface area contributed by atoms with Gasteiger partial charge in [-0.3, -0.25) is 19.6 Å². The van der Waals surface area contributed by atoms with Gasteiger partial charge in [0.1, 0.15) is 18.8 Å². The van der Waals surface area contributed by atoms with E-state index in [0.29, 0.717) is 23.7 Å². The summed E-state index contributed by atoms with van der Waals surface area (Å²) in [5.41, 5.74) is 10.7. The molecule has 0 spiro atoms. The van der Waals surface area contributed by atoms with Crippen molar-refractivity contribution in [3.05, 3.63) is 34.9 Å². The van der Waals surface area contributed by atoms with Crippen LogP contribution in [0.15, 0.2) is 12.2 Å². The number of fused-ring (bicyclic) bond motifs is 7. The van der Waals surface area contributed by atoms with Gasteiger partial charge >= 0.3 is 11.9 Å². The molecule has 1 heterocycles. The molecule has 0 amide bonds. The van der Waals surface area contributed by atoms with Crippen molar-refractivity contribution in [2.75, 3.05) is 0 Å². The van der Waals surface area contributed by atoms with Crippen molar-refractivity contribution in [1.29, 1.82) is 0 Å². The molecule has 6 rings (SSSR count). The summed E-state index contributed by atoms with van der Waals surface area (Å²) in [5.74, 6) is 1.87. The summed E-state index contributed by atoms with van der Waals surface area (Å²) in [4.78, 5) is 37.0. The first kappa shape index (κ1) is 37.5. The van der Waals surface area contributed by atoms with Gasteiger partial charge < -0.3 is 15.2 Å². The van der Waals surface area contributed by atoms with E-state index < -0.39 is 11.5 Å². The molecule has 5 saturated carbocycles. The van der Waals surface area contributed by atoms with E-state index in [1.165, 1.54) is 18.4 Å². The minimum absolute atomic E-state index is 0.0255. The average Bonchev–Trinajstić information content (AvgIpc) is 3.44. The van der Waals surface area contributed by atoms with Crippen molar-refractivity contribution in [3.63, 3.8) is 0 Å². The summed E-state index contributed by atoms with van der Waals surface area (Å²) < 4.78 is 12.5. The summed E-state index contributed by atoms with van der Waals surface area (Å²) in [6.07, 6.45) is 10.3. The van der Waals surface area contributed by atoms with Crippen LogP contribution < -0.4 is 5.73 Å². The summed E-state index contributed by atoms with van der Waals surface area (Å²) in [6.45, 7) is 29.3. The maximum absolute atomic E-state index is 14.5. The van der Waals surface area contributed by atoms with Crippen molar-refractivity contribution in [2.45, 2.75) is 159 Å². The third-order valence-corrected chi connectivity index (χ3v) is 16.6. The maximum atomic E-state index is 14.5. The molecule has 2 N–H and O–H groups in total. The van der Waals surface area contributed by atoms with E-state index in [4.69, 9.17) is 20.2 Å². The van der Waals surface area contributed by atoms with Crippen LogP contribution in [-0.4, -0.2) is 34.1 Å².